The van der Waals surface area contributed by atoms with Gasteiger partial charge in [-0.1, -0.05) is 35.3 Å². The van der Waals surface area contributed by atoms with Crippen molar-refractivity contribution in [2.24, 2.45) is 0 Å². The number of nitrogens with zero attached hydrogens (tertiary/aromatic N) is 2. The smallest absolute Gasteiger partial charge is 0.330 e. The summed E-state index contributed by atoms with van der Waals surface area (Å²) in [6.45, 7) is 3.33. The molecule has 0 atom stereocenters. The van der Waals surface area contributed by atoms with E-state index in [1.807, 2.05) is 31.2 Å². The standard InChI is InChI=1S/C17H23BrN4O3/c1-3-4-8-22-15(19)14(16(23)20-17(22)24)21(2)9-10-25-13-7-5-6-12(18)11-13/h5-7,11H,3-4,8-10,19H2,1-2H3,(H,20,23,24). The summed E-state index contributed by atoms with van der Waals surface area (Å²) in [5.41, 5.74) is 5.41. The van der Waals surface area contributed by atoms with Crippen LogP contribution in [0.3, 0.4) is 0 Å². The Morgan fingerprint density at radius 3 is 2.80 bits per heavy atom. The van der Waals surface area contributed by atoms with Crippen LogP contribution in [0.1, 0.15) is 19.8 Å². The monoisotopic (exact) mass is 410 g/mol. The number of benzene rings is 1. The molecule has 1 aromatic carbocycles. The van der Waals surface area contributed by atoms with Crippen molar-refractivity contribution in [2.75, 3.05) is 30.8 Å². The summed E-state index contributed by atoms with van der Waals surface area (Å²) < 4.78 is 8.03. The third-order valence-corrected chi connectivity index (χ3v) is 4.32. The molecule has 0 unspecified atom stereocenters. The number of nitrogen functional groups attached to an aromatic ring is 1. The number of likely N-dealkylation sites (N-methyl/N-ethyl adjacent to an activating group) is 1. The van der Waals surface area contributed by atoms with Gasteiger partial charge < -0.3 is 15.4 Å². The van der Waals surface area contributed by atoms with Crippen LogP contribution >= 0.6 is 15.9 Å². The first kappa shape index (κ1) is 19.1. The first-order valence-electron chi connectivity index (χ1n) is 8.16. The summed E-state index contributed by atoms with van der Waals surface area (Å²) in [7, 11) is 1.75. The zero-order valence-electron chi connectivity index (χ0n) is 14.4. The zero-order valence-corrected chi connectivity index (χ0v) is 16.0. The number of rotatable bonds is 8. The van der Waals surface area contributed by atoms with Gasteiger partial charge in [0.25, 0.3) is 5.56 Å². The number of nitrogens with one attached hydrogen (secondary N) is 1. The molecule has 8 heteroatoms. The Hall–Kier alpha value is -2.22. The van der Waals surface area contributed by atoms with Gasteiger partial charge in [-0.3, -0.25) is 14.3 Å². The number of H-pyrrole nitrogens is 1. The van der Waals surface area contributed by atoms with Gasteiger partial charge in [-0.15, -0.1) is 0 Å². The molecule has 0 aliphatic rings. The van der Waals surface area contributed by atoms with Gasteiger partial charge in [0.2, 0.25) is 0 Å². The molecule has 0 aliphatic carbocycles. The van der Waals surface area contributed by atoms with Crippen molar-refractivity contribution in [3.05, 3.63) is 49.6 Å². The van der Waals surface area contributed by atoms with Crippen LogP contribution in [0.25, 0.3) is 0 Å². The average molecular weight is 411 g/mol. The lowest BCUT2D eigenvalue weighted by Crippen LogP contribution is -2.38. The van der Waals surface area contributed by atoms with E-state index in [9.17, 15) is 9.59 Å². The highest BCUT2D eigenvalue weighted by molar-refractivity contribution is 9.10. The highest BCUT2D eigenvalue weighted by Crippen LogP contribution is 2.18. The van der Waals surface area contributed by atoms with Gasteiger partial charge in [0.15, 0.2) is 0 Å². The molecule has 0 spiro atoms. The second kappa shape index (κ2) is 8.75. The average Bonchev–Trinajstić information content (AvgIpc) is 2.54. The lowest BCUT2D eigenvalue weighted by molar-refractivity contribution is 0.325. The van der Waals surface area contributed by atoms with Gasteiger partial charge in [-0.2, -0.15) is 0 Å². The maximum Gasteiger partial charge on any atom is 0.330 e. The summed E-state index contributed by atoms with van der Waals surface area (Å²) in [5, 5.41) is 0. The minimum Gasteiger partial charge on any atom is -0.492 e. The zero-order chi connectivity index (χ0) is 18.4. The van der Waals surface area contributed by atoms with E-state index < -0.39 is 11.2 Å². The van der Waals surface area contributed by atoms with Crippen LogP contribution in [0.5, 0.6) is 5.75 Å². The van der Waals surface area contributed by atoms with Crippen LogP contribution in [-0.2, 0) is 6.54 Å². The van der Waals surface area contributed by atoms with Crippen molar-refractivity contribution in [1.82, 2.24) is 9.55 Å². The number of hydrogen-bond donors (Lipinski definition) is 2. The maximum atomic E-state index is 12.2. The van der Waals surface area contributed by atoms with Gasteiger partial charge >= 0.3 is 5.69 Å². The molecule has 0 amide bonds. The van der Waals surface area contributed by atoms with Crippen LogP contribution in [0.4, 0.5) is 11.5 Å². The van der Waals surface area contributed by atoms with Crippen molar-refractivity contribution in [1.29, 1.82) is 0 Å². The number of aromatic amines is 1. The second-order valence-electron chi connectivity index (χ2n) is 5.73. The predicted molar refractivity (Wildman–Crippen MR) is 104 cm³/mol. The number of hydrogen-bond acceptors (Lipinski definition) is 5. The Bertz CT molecular complexity index is 831. The molecular weight excluding hydrogens is 388 g/mol. The summed E-state index contributed by atoms with van der Waals surface area (Å²) in [6.07, 6.45) is 1.74. The molecule has 2 rings (SSSR count). The van der Waals surface area contributed by atoms with Crippen molar-refractivity contribution >= 4 is 27.4 Å². The predicted octanol–water partition coefficient (Wildman–Crippen LogP) is 2.20. The van der Waals surface area contributed by atoms with E-state index in [-0.39, 0.29) is 11.5 Å². The normalized spacial score (nSPS) is 10.7. The largest absolute Gasteiger partial charge is 0.492 e. The first-order chi connectivity index (χ1) is 11.9. The second-order valence-corrected chi connectivity index (χ2v) is 6.64. The van der Waals surface area contributed by atoms with Crippen molar-refractivity contribution in [3.8, 4) is 5.75 Å². The molecule has 136 valence electrons. The van der Waals surface area contributed by atoms with Gasteiger partial charge in [0, 0.05) is 18.1 Å². The van der Waals surface area contributed by atoms with Crippen LogP contribution in [0.2, 0.25) is 0 Å². The fourth-order valence-electron chi connectivity index (χ4n) is 2.45. The Morgan fingerprint density at radius 2 is 2.12 bits per heavy atom. The minimum absolute atomic E-state index is 0.187. The lowest BCUT2D eigenvalue weighted by atomic mass is 10.3. The molecular formula is C17H23BrN4O3. The Morgan fingerprint density at radius 1 is 1.36 bits per heavy atom. The van der Waals surface area contributed by atoms with E-state index in [4.69, 9.17) is 10.5 Å². The fourth-order valence-corrected chi connectivity index (χ4v) is 2.83. The van der Waals surface area contributed by atoms with Crippen LogP contribution in [-0.4, -0.2) is 29.8 Å². The van der Waals surface area contributed by atoms with Crippen molar-refractivity contribution < 1.29 is 4.74 Å². The van der Waals surface area contributed by atoms with E-state index in [0.717, 1.165) is 23.1 Å². The molecule has 0 aliphatic heterocycles. The molecule has 3 N–H and O–H groups in total. The van der Waals surface area contributed by atoms with E-state index >= 15 is 0 Å². The van der Waals surface area contributed by atoms with Crippen LogP contribution in [0, 0.1) is 0 Å². The molecule has 2 aromatic rings. The molecule has 0 radical (unpaired) electrons. The van der Waals surface area contributed by atoms with E-state index in [0.29, 0.717) is 19.7 Å². The molecule has 25 heavy (non-hydrogen) atoms. The van der Waals surface area contributed by atoms with E-state index in [1.165, 1.54) is 4.57 Å². The Balaban J connectivity index is 2.11. The molecule has 1 heterocycles. The summed E-state index contributed by atoms with van der Waals surface area (Å²) in [4.78, 5) is 28.2. The summed E-state index contributed by atoms with van der Waals surface area (Å²) >= 11 is 3.39. The van der Waals surface area contributed by atoms with Crippen molar-refractivity contribution in [2.45, 2.75) is 26.3 Å². The van der Waals surface area contributed by atoms with E-state index in [1.54, 1.807) is 11.9 Å². The fraction of sp³-hybridized carbons (Fsp3) is 0.412. The number of anilines is 2. The number of nitrogens with two attached hydrogens (primary N) is 1. The molecule has 0 bridgehead atoms. The van der Waals surface area contributed by atoms with Crippen LogP contribution in [0.15, 0.2) is 38.3 Å². The highest BCUT2D eigenvalue weighted by Gasteiger charge is 2.16. The Labute approximate surface area is 154 Å². The maximum absolute atomic E-state index is 12.2. The van der Waals surface area contributed by atoms with Gasteiger partial charge in [0.05, 0.1) is 6.54 Å². The van der Waals surface area contributed by atoms with Gasteiger partial charge in [-0.25, -0.2) is 4.79 Å². The lowest BCUT2D eigenvalue weighted by Gasteiger charge is -2.22. The SMILES string of the molecule is CCCCn1c(N)c(N(C)CCOc2cccc(Br)c2)c(=O)[nH]c1=O. The van der Waals surface area contributed by atoms with E-state index in [2.05, 4.69) is 20.9 Å². The van der Waals surface area contributed by atoms with Gasteiger partial charge in [-0.05, 0) is 24.6 Å². The highest BCUT2D eigenvalue weighted by atomic mass is 79.9. The topological polar surface area (TPSA) is 93.3 Å². The van der Waals surface area contributed by atoms with Gasteiger partial charge in [0.1, 0.15) is 23.9 Å². The summed E-state index contributed by atoms with van der Waals surface area (Å²) in [6, 6.07) is 7.52. The quantitative estimate of drug-likeness (QED) is 0.695. The van der Waals surface area contributed by atoms with Crippen molar-refractivity contribution in [3.63, 3.8) is 0 Å². The minimum atomic E-state index is -0.486. The third kappa shape index (κ3) is 4.88. The third-order valence-electron chi connectivity index (χ3n) is 3.82. The number of ether oxygens (including phenoxy) is 1. The molecule has 0 saturated carbocycles. The molecule has 0 saturated heterocycles. The number of aromatic nitrogens is 2. The first-order valence-corrected chi connectivity index (χ1v) is 8.95. The molecule has 7 nitrogen and oxygen atoms in total. The van der Waals surface area contributed by atoms with Crippen LogP contribution < -0.4 is 26.6 Å². The molecule has 1 aromatic heterocycles. The number of halogens is 1. The summed E-state index contributed by atoms with van der Waals surface area (Å²) in [5.74, 6) is 0.921. The number of unbranched alkanes of at least 4 members (excludes halogenated alkanes) is 1. The Kier molecular flexibility index (Phi) is 6.69. The molecule has 0 fully saturated rings.